The molecule has 21 heavy (non-hydrogen) atoms. The standard InChI is InChI=1S/C20H40O/c1-5-7-8-9-10-11-12-13-14-15-16-17-19(21)20(3,4)18-6-2/h5-18H2,1-4H3. The number of rotatable bonds is 15. The Morgan fingerprint density at radius 2 is 1.10 bits per heavy atom. The number of hydrogen-bond acceptors (Lipinski definition) is 1. The average Bonchev–Trinajstić information content (AvgIpc) is 2.44. The van der Waals surface area contributed by atoms with E-state index in [9.17, 15) is 4.79 Å². The van der Waals surface area contributed by atoms with Crippen LogP contribution in [0.15, 0.2) is 0 Å². The Morgan fingerprint density at radius 1 is 0.667 bits per heavy atom. The molecule has 0 amide bonds. The molecule has 0 spiro atoms. The van der Waals surface area contributed by atoms with Crippen LogP contribution in [-0.2, 0) is 4.79 Å². The minimum Gasteiger partial charge on any atom is -0.299 e. The predicted octanol–water partition coefficient (Wildman–Crippen LogP) is 7.08. The van der Waals surface area contributed by atoms with Gasteiger partial charge in [0, 0.05) is 11.8 Å². The second kappa shape index (κ2) is 13.3. The molecule has 0 aromatic heterocycles. The highest BCUT2D eigenvalue weighted by molar-refractivity contribution is 5.83. The van der Waals surface area contributed by atoms with Gasteiger partial charge in [-0.25, -0.2) is 0 Å². The molecule has 0 aliphatic carbocycles. The second-order valence-corrected chi connectivity index (χ2v) is 7.34. The maximum Gasteiger partial charge on any atom is 0.138 e. The van der Waals surface area contributed by atoms with Gasteiger partial charge < -0.3 is 0 Å². The average molecular weight is 297 g/mol. The van der Waals surface area contributed by atoms with Crippen LogP contribution in [0.1, 0.15) is 118 Å². The van der Waals surface area contributed by atoms with Gasteiger partial charge in [0.05, 0.1) is 0 Å². The maximum atomic E-state index is 12.1. The van der Waals surface area contributed by atoms with Crippen LogP contribution in [0.3, 0.4) is 0 Å². The molecule has 0 heterocycles. The van der Waals surface area contributed by atoms with E-state index in [0.29, 0.717) is 5.78 Å². The van der Waals surface area contributed by atoms with Gasteiger partial charge in [-0.05, 0) is 12.8 Å². The second-order valence-electron chi connectivity index (χ2n) is 7.34. The Hall–Kier alpha value is -0.330. The molecule has 0 N–H and O–H groups in total. The lowest BCUT2D eigenvalue weighted by Gasteiger charge is -2.22. The van der Waals surface area contributed by atoms with E-state index in [0.717, 1.165) is 25.7 Å². The van der Waals surface area contributed by atoms with Crippen molar-refractivity contribution in [3.8, 4) is 0 Å². The Kier molecular flexibility index (Phi) is 13.1. The first-order chi connectivity index (χ1) is 10.0. The van der Waals surface area contributed by atoms with Gasteiger partial charge in [0.2, 0.25) is 0 Å². The quantitative estimate of drug-likeness (QED) is 0.295. The number of ketones is 1. The monoisotopic (exact) mass is 296 g/mol. The summed E-state index contributed by atoms with van der Waals surface area (Å²) < 4.78 is 0. The van der Waals surface area contributed by atoms with Crippen LogP contribution < -0.4 is 0 Å². The summed E-state index contributed by atoms with van der Waals surface area (Å²) in [7, 11) is 0. The molecule has 126 valence electrons. The van der Waals surface area contributed by atoms with Crippen LogP contribution in [0.2, 0.25) is 0 Å². The van der Waals surface area contributed by atoms with Gasteiger partial charge in [-0.3, -0.25) is 4.79 Å². The summed E-state index contributed by atoms with van der Waals surface area (Å²) in [5.74, 6) is 0.472. The Balaban J connectivity index is 3.34. The van der Waals surface area contributed by atoms with E-state index in [1.165, 1.54) is 64.2 Å². The molecule has 0 radical (unpaired) electrons. The van der Waals surface area contributed by atoms with Crippen molar-refractivity contribution in [3.63, 3.8) is 0 Å². The fraction of sp³-hybridized carbons (Fsp3) is 0.950. The zero-order valence-corrected chi connectivity index (χ0v) is 15.3. The molecule has 1 nitrogen and oxygen atoms in total. The van der Waals surface area contributed by atoms with E-state index in [1.54, 1.807) is 0 Å². The van der Waals surface area contributed by atoms with Crippen LogP contribution in [0, 0.1) is 5.41 Å². The molecule has 0 saturated carbocycles. The van der Waals surface area contributed by atoms with Crippen LogP contribution >= 0.6 is 0 Å². The third-order valence-electron chi connectivity index (χ3n) is 4.64. The normalized spacial score (nSPS) is 11.8. The zero-order valence-electron chi connectivity index (χ0n) is 15.3. The molecule has 0 aromatic carbocycles. The fourth-order valence-electron chi connectivity index (χ4n) is 3.05. The fourth-order valence-corrected chi connectivity index (χ4v) is 3.05. The molecule has 1 heteroatoms. The number of unbranched alkanes of at least 4 members (excludes halogenated alkanes) is 10. The molecular weight excluding hydrogens is 256 g/mol. The van der Waals surface area contributed by atoms with E-state index in [1.807, 2.05) is 0 Å². The first-order valence-electron chi connectivity index (χ1n) is 9.58. The van der Waals surface area contributed by atoms with E-state index < -0.39 is 0 Å². The number of hydrogen-bond donors (Lipinski definition) is 0. The Bertz CT molecular complexity index is 242. The van der Waals surface area contributed by atoms with Crippen molar-refractivity contribution in [1.29, 1.82) is 0 Å². The molecule has 0 unspecified atom stereocenters. The molecule has 0 fully saturated rings. The van der Waals surface area contributed by atoms with Crippen molar-refractivity contribution in [2.75, 3.05) is 0 Å². The van der Waals surface area contributed by atoms with Crippen molar-refractivity contribution in [2.45, 2.75) is 118 Å². The van der Waals surface area contributed by atoms with Gasteiger partial charge in [-0.1, -0.05) is 98.3 Å². The van der Waals surface area contributed by atoms with Crippen molar-refractivity contribution in [3.05, 3.63) is 0 Å². The van der Waals surface area contributed by atoms with E-state index in [-0.39, 0.29) is 5.41 Å². The van der Waals surface area contributed by atoms with Crippen LogP contribution in [-0.4, -0.2) is 5.78 Å². The molecule has 0 atom stereocenters. The van der Waals surface area contributed by atoms with E-state index in [4.69, 9.17) is 0 Å². The summed E-state index contributed by atoms with van der Waals surface area (Å²) in [6, 6.07) is 0. The largest absolute Gasteiger partial charge is 0.299 e. The molecule has 0 saturated heterocycles. The van der Waals surface area contributed by atoms with Gasteiger partial charge in [0.15, 0.2) is 0 Å². The van der Waals surface area contributed by atoms with Crippen LogP contribution in [0.5, 0.6) is 0 Å². The Morgan fingerprint density at radius 3 is 1.52 bits per heavy atom. The maximum absolute atomic E-state index is 12.1. The van der Waals surface area contributed by atoms with Crippen molar-refractivity contribution in [1.82, 2.24) is 0 Å². The highest BCUT2D eigenvalue weighted by Crippen LogP contribution is 2.26. The number of carbonyl (C=O) groups is 1. The summed E-state index contributed by atoms with van der Waals surface area (Å²) in [5, 5.41) is 0. The van der Waals surface area contributed by atoms with Crippen molar-refractivity contribution < 1.29 is 4.79 Å². The van der Waals surface area contributed by atoms with Crippen LogP contribution in [0.25, 0.3) is 0 Å². The van der Waals surface area contributed by atoms with E-state index >= 15 is 0 Å². The van der Waals surface area contributed by atoms with Gasteiger partial charge in [0.25, 0.3) is 0 Å². The van der Waals surface area contributed by atoms with Gasteiger partial charge in [0.1, 0.15) is 5.78 Å². The van der Waals surface area contributed by atoms with Gasteiger partial charge in [-0.15, -0.1) is 0 Å². The lowest BCUT2D eigenvalue weighted by molar-refractivity contribution is -0.127. The Labute approximate surface area is 134 Å². The summed E-state index contributed by atoms with van der Waals surface area (Å²) in [4.78, 5) is 12.1. The smallest absolute Gasteiger partial charge is 0.138 e. The highest BCUT2D eigenvalue weighted by Gasteiger charge is 2.25. The molecule has 0 rings (SSSR count). The summed E-state index contributed by atoms with van der Waals surface area (Å²) >= 11 is 0. The summed E-state index contributed by atoms with van der Waals surface area (Å²) in [6.45, 7) is 8.65. The highest BCUT2D eigenvalue weighted by atomic mass is 16.1. The number of Topliss-reactive ketones (excluding diaryl/α,β-unsaturated/α-hetero) is 1. The summed E-state index contributed by atoms with van der Waals surface area (Å²) in [6.07, 6.45) is 17.8. The molecule has 0 aromatic rings. The minimum atomic E-state index is -0.0900. The SMILES string of the molecule is CCCCCCCCCCCCCC(=O)C(C)(C)CCC. The lowest BCUT2D eigenvalue weighted by atomic mass is 9.81. The lowest BCUT2D eigenvalue weighted by Crippen LogP contribution is -2.23. The molecular formula is C20H40O. The third-order valence-corrected chi connectivity index (χ3v) is 4.64. The predicted molar refractivity (Wildman–Crippen MR) is 94.8 cm³/mol. The molecule has 0 aliphatic heterocycles. The molecule has 0 bridgehead atoms. The van der Waals surface area contributed by atoms with Gasteiger partial charge in [-0.2, -0.15) is 0 Å². The van der Waals surface area contributed by atoms with E-state index in [2.05, 4.69) is 27.7 Å². The zero-order chi connectivity index (χ0) is 16.0. The third kappa shape index (κ3) is 12.0. The summed E-state index contributed by atoms with van der Waals surface area (Å²) in [5.41, 5.74) is -0.0900. The first kappa shape index (κ1) is 20.7. The van der Waals surface area contributed by atoms with Crippen molar-refractivity contribution >= 4 is 5.78 Å². The van der Waals surface area contributed by atoms with Crippen molar-refractivity contribution in [2.24, 2.45) is 5.41 Å². The van der Waals surface area contributed by atoms with Gasteiger partial charge >= 0.3 is 0 Å². The first-order valence-corrected chi connectivity index (χ1v) is 9.58. The minimum absolute atomic E-state index is 0.0900. The molecule has 0 aliphatic rings. The van der Waals surface area contributed by atoms with Crippen LogP contribution in [0.4, 0.5) is 0 Å². The topological polar surface area (TPSA) is 17.1 Å². The number of carbonyl (C=O) groups excluding carboxylic acids is 1.